The van der Waals surface area contributed by atoms with Crippen molar-refractivity contribution in [2.24, 2.45) is 11.7 Å². The Labute approximate surface area is 185 Å². The average Bonchev–Trinajstić information content (AvgIpc) is 3.14. The van der Waals surface area contributed by atoms with E-state index in [0.717, 1.165) is 19.2 Å². The second-order valence-corrected chi connectivity index (χ2v) is 9.39. The number of aryl methyl sites for hydroxylation is 1. The number of halogens is 1. The Kier molecular flexibility index (Phi) is 5.93. The predicted molar refractivity (Wildman–Crippen MR) is 117 cm³/mol. The van der Waals surface area contributed by atoms with E-state index in [1.807, 2.05) is 4.90 Å². The van der Waals surface area contributed by atoms with E-state index in [0.29, 0.717) is 28.8 Å². The number of benzene rings is 2. The Morgan fingerprint density at radius 2 is 2.12 bits per heavy atom. The van der Waals surface area contributed by atoms with Crippen LogP contribution in [0.25, 0.3) is 11.1 Å². The maximum Gasteiger partial charge on any atom is 0.299 e. The highest BCUT2D eigenvalue weighted by atomic mass is 32.2. The van der Waals surface area contributed by atoms with Crippen LogP contribution in [0.5, 0.6) is 5.75 Å². The number of oxazole rings is 1. The number of hydrogen-bond donors (Lipinski definition) is 1. The van der Waals surface area contributed by atoms with E-state index in [9.17, 15) is 12.8 Å². The highest BCUT2D eigenvalue weighted by Crippen LogP contribution is 2.30. The van der Waals surface area contributed by atoms with Crippen molar-refractivity contribution in [3.05, 3.63) is 59.9 Å². The molecule has 1 atom stereocenters. The van der Waals surface area contributed by atoms with Crippen LogP contribution in [0.1, 0.15) is 18.1 Å². The van der Waals surface area contributed by atoms with Gasteiger partial charge in [-0.15, -0.1) is 0 Å². The molecule has 8 nitrogen and oxygen atoms in total. The first kappa shape index (κ1) is 22.3. The molecule has 0 amide bonds. The van der Waals surface area contributed by atoms with Gasteiger partial charge in [-0.05, 0) is 42.7 Å². The first-order valence-corrected chi connectivity index (χ1v) is 11.5. The highest BCUT2D eigenvalue weighted by Gasteiger charge is 2.27. The summed E-state index contributed by atoms with van der Waals surface area (Å²) < 4.78 is 56.4. The first-order chi connectivity index (χ1) is 15.2. The van der Waals surface area contributed by atoms with Crippen molar-refractivity contribution < 1.29 is 26.1 Å². The minimum Gasteiger partial charge on any atom is -0.489 e. The molecule has 2 heterocycles. The largest absolute Gasteiger partial charge is 0.489 e. The van der Waals surface area contributed by atoms with Gasteiger partial charge < -0.3 is 19.8 Å². The Morgan fingerprint density at radius 3 is 2.81 bits per heavy atom. The van der Waals surface area contributed by atoms with Crippen LogP contribution in [0.15, 0.2) is 52.3 Å². The number of hydrogen-bond acceptors (Lipinski definition) is 8. The van der Waals surface area contributed by atoms with E-state index >= 15 is 0 Å². The Bertz CT molecular complexity index is 1270. The molecule has 4 rings (SSSR count). The summed E-state index contributed by atoms with van der Waals surface area (Å²) in [7, 11) is -4.34. The van der Waals surface area contributed by atoms with E-state index in [1.54, 1.807) is 18.2 Å². The zero-order chi connectivity index (χ0) is 23.0. The molecular weight excluding hydrogens is 437 g/mol. The minimum atomic E-state index is -4.34. The van der Waals surface area contributed by atoms with Gasteiger partial charge in [0.25, 0.3) is 16.1 Å². The summed E-state index contributed by atoms with van der Waals surface area (Å²) in [4.78, 5) is 6.15. The summed E-state index contributed by atoms with van der Waals surface area (Å²) >= 11 is 0. The summed E-state index contributed by atoms with van der Waals surface area (Å²) in [5, 5.41) is 0. The van der Waals surface area contributed by atoms with Crippen LogP contribution in [-0.4, -0.2) is 32.7 Å². The number of fused-ring (bicyclic) bond motifs is 1. The van der Waals surface area contributed by atoms with E-state index in [4.69, 9.17) is 19.1 Å². The third-order valence-corrected chi connectivity index (χ3v) is 6.60. The molecule has 1 unspecified atom stereocenters. The van der Waals surface area contributed by atoms with Crippen molar-refractivity contribution in [3.8, 4) is 5.75 Å². The SMILES string of the molecule is C=CC(N)OS(=O)(=O)c1ccc(C)c(F)c1COc1ccc2nc(N3CC(C)C3)oc2c1. The van der Waals surface area contributed by atoms with Gasteiger partial charge in [-0.2, -0.15) is 13.4 Å². The highest BCUT2D eigenvalue weighted by molar-refractivity contribution is 7.86. The van der Waals surface area contributed by atoms with Crippen LogP contribution in [-0.2, 0) is 20.9 Å². The summed E-state index contributed by atoms with van der Waals surface area (Å²) in [6, 6.07) is 8.21. The molecule has 0 aliphatic carbocycles. The van der Waals surface area contributed by atoms with E-state index in [-0.39, 0.29) is 22.6 Å². The zero-order valence-electron chi connectivity index (χ0n) is 17.7. The lowest BCUT2D eigenvalue weighted by molar-refractivity contribution is 0.260. The molecule has 2 N–H and O–H groups in total. The van der Waals surface area contributed by atoms with Crippen LogP contribution in [0, 0.1) is 18.7 Å². The maximum absolute atomic E-state index is 14.9. The number of nitrogens with two attached hydrogens (primary N) is 1. The lowest BCUT2D eigenvalue weighted by Gasteiger charge is -2.35. The number of ether oxygens (including phenoxy) is 1. The van der Waals surface area contributed by atoms with Crippen molar-refractivity contribution >= 4 is 27.2 Å². The van der Waals surface area contributed by atoms with Gasteiger partial charge in [0.15, 0.2) is 5.58 Å². The van der Waals surface area contributed by atoms with Gasteiger partial charge in [0.1, 0.15) is 34.8 Å². The van der Waals surface area contributed by atoms with Crippen LogP contribution in [0.2, 0.25) is 0 Å². The standard InChI is InChI=1S/C22H24FN3O5S/c1-4-20(24)31-32(27,28)19-8-5-14(3)21(23)16(19)12-29-15-6-7-17-18(9-15)30-22(25-17)26-10-13(2)11-26/h4-9,13,20H,1,10-12,24H2,2-3H3. The molecular formula is C22H24FN3O5S. The second-order valence-electron chi connectivity index (χ2n) is 7.85. The van der Waals surface area contributed by atoms with Gasteiger partial charge in [0.05, 0.1) is 0 Å². The molecule has 32 heavy (non-hydrogen) atoms. The lowest BCUT2D eigenvalue weighted by atomic mass is 10.0. The Morgan fingerprint density at radius 1 is 1.38 bits per heavy atom. The number of anilines is 1. The normalized spacial score (nSPS) is 15.6. The minimum absolute atomic E-state index is 0.158. The first-order valence-electron chi connectivity index (χ1n) is 10.1. The molecule has 170 valence electrons. The third kappa shape index (κ3) is 4.34. The Balaban J connectivity index is 1.58. The van der Waals surface area contributed by atoms with Crippen LogP contribution >= 0.6 is 0 Å². The van der Waals surface area contributed by atoms with Crippen LogP contribution in [0.4, 0.5) is 10.4 Å². The molecule has 0 radical (unpaired) electrons. The van der Waals surface area contributed by atoms with Crippen molar-refractivity contribution in [3.63, 3.8) is 0 Å². The fraction of sp³-hybridized carbons (Fsp3) is 0.318. The van der Waals surface area contributed by atoms with Gasteiger partial charge in [0, 0.05) is 24.7 Å². The molecule has 0 spiro atoms. The number of rotatable bonds is 8. The van der Waals surface area contributed by atoms with Crippen molar-refractivity contribution in [2.75, 3.05) is 18.0 Å². The smallest absolute Gasteiger partial charge is 0.299 e. The molecule has 1 fully saturated rings. The molecule has 10 heteroatoms. The summed E-state index contributed by atoms with van der Waals surface area (Å²) in [6.07, 6.45) is -0.129. The predicted octanol–water partition coefficient (Wildman–Crippen LogP) is 3.49. The average molecular weight is 462 g/mol. The van der Waals surface area contributed by atoms with Gasteiger partial charge in [-0.25, -0.2) is 8.57 Å². The fourth-order valence-corrected chi connectivity index (χ4v) is 4.62. The summed E-state index contributed by atoms with van der Waals surface area (Å²) in [5.41, 5.74) is 6.82. The molecule has 1 saturated heterocycles. The summed E-state index contributed by atoms with van der Waals surface area (Å²) in [6.45, 7) is 8.50. The molecule has 0 saturated carbocycles. The quantitative estimate of drug-likeness (QED) is 0.309. The Hall–Kier alpha value is -2.95. The molecule has 1 aromatic heterocycles. The topological polar surface area (TPSA) is 108 Å². The van der Waals surface area contributed by atoms with Crippen LogP contribution < -0.4 is 15.4 Å². The van der Waals surface area contributed by atoms with Crippen molar-refractivity contribution in [1.82, 2.24) is 4.98 Å². The second kappa shape index (κ2) is 8.53. The van der Waals surface area contributed by atoms with E-state index in [2.05, 4.69) is 18.5 Å². The van der Waals surface area contributed by atoms with Crippen LogP contribution in [0.3, 0.4) is 0 Å². The zero-order valence-corrected chi connectivity index (χ0v) is 18.6. The molecule has 1 aliphatic rings. The van der Waals surface area contributed by atoms with Gasteiger partial charge in [-0.1, -0.05) is 19.6 Å². The lowest BCUT2D eigenvalue weighted by Crippen LogP contribution is -2.45. The van der Waals surface area contributed by atoms with Crippen molar-refractivity contribution in [2.45, 2.75) is 31.6 Å². The molecule has 2 aromatic carbocycles. The van der Waals surface area contributed by atoms with Gasteiger partial charge in [-0.3, -0.25) is 0 Å². The van der Waals surface area contributed by atoms with Crippen molar-refractivity contribution in [1.29, 1.82) is 0 Å². The molecule has 3 aromatic rings. The maximum atomic E-state index is 14.9. The molecule has 0 bridgehead atoms. The van der Waals surface area contributed by atoms with E-state index in [1.165, 1.54) is 19.1 Å². The van der Waals surface area contributed by atoms with Gasteiger partial charge >= 0.3 is 0 Å². The monoisotopic (exact) mass is 461 g/mol. The number of aromatic nitrogens is 1. The fourth-order valence-electron chi connectivity index (χ4n) is 3.46. The van der Waals surface area contributed by atoms with Gasteiger partial charge in [0.2, 0.25) is 0 Å². The third-order valence-electron chi connectivity index (χ3n) is 5.20. The summed E-state index contributed by atoms with van der Waals surface area (Å²) in [5.74, 6) is 0.283. The molecule has 1 aliphatic heterocycles. The van der Waals surface area contributed by atoms with E-state index < -0.39 is 22.2 Å². The number of nitrogens with zero attached hydrogens (tertiary/aromatic N) is 2.